The molecule has 1 N–H and O–H groups in total. The Morgan fingerprint density at radius 3 is 2.45 bits per heavy atom. The van der Waals surface area contributed by atoms with Gasteiger partial charge in [0.05, 0.1) is 12.0 Å². The molecule has 0 radical (unpaired) electrons. The van der Waals surface area contributed by atoms with E-state index in [9.17, 15) is 19.2 Å². The van der Waals surface area contributed by atoms with Crippen LogP contribution >= 0.6 is 11.3 Å². The quantitative estimate of drug-likeness (QED) is 0.473. The highest BCUT2D eigenvalue weighted by Gasteiger charge is 2.19. The van der Waals surface area contributed by atoms with Crippen molar-refractivity contribution >= 4 is 33.3 Å². The van der Waals surface area contributed by atoms with Gasteiger partial charge in [0.1, 0.15) is 11.4 Å². The van der Waals surface area contributed by atoms with E-state index in [4.69, 9.17) is 4.74 Å². The molecular weight excluding hydrogens is 392 g/mol. The van der Waals surface area contributed by atoms with Gasteiger partial charge in [-0.2, -0.15) is 0 Å². The van der Waals surface area contributed by atoms with Crippen LogP contribution in [-0.2, 0) is 16.1 Å². The van der Waals surface area contributed by atoms with Gasteiger partial charge in [0, 0.05) is 16.9 Å². The average Bonchev–Trinajstić information content (AvgIpc) is 3.02. The highest BCUT2D eigenvalue weighted by Crippen LogP contribution is 2.35. The van der Waals surface area contributed by atoms with Crippen molar-refractivity contribution in [2.45, 2.75) is 40.2 Å². The van der Waals surface area contributed by atoms with Crippen molar-refractivity contribution < 1.29 is 14.3 Å². The van der Waals surface area contributed by atoms with E-state index in [1.165, 1.54) is 11.3 Å². The molecule has 29 heavy (non-hydrogen) atoms. The Hall–Kier alpha value is -3.00. The average molecular weight is 414 g/mol. The van der Waals surface area contributed by atoms with Gasteiger partial charge in [-0.05, 0) is 31.4 Å². The van der Waals surface area contributed by atoms with Crippen molar-refractivity contribution in [3.05, 3.63) is 56.2 Å². The van der Waals surface area contributed by atoms with Crippen LogP contribution in [0.1, 0.15) is 42.6 Å². The first-order chi connectivity index (χ1) is 13.9. The standard InChI is InChI=1S/C21H22N2O5S/c1-4-6-15(24)13-7-9-14(10-8-13)18-12(3)17-19(29-18)22-21(27)23(20(17)26)11-16(25)28-5-2/h7-10H,4-6,11H2,1-3H3,(H,22,27). The summed E-state index contributed by atoms with van der Waals surface area (Å²) in [4.78, 5) is 52.9. The monoisotopic (exact) mass is 414 g/mol. The Bertz CT molecular complexity index is 1180. The molecule has 0 saturated carbocycles. The van der Waals surface area contributed by atoms with Crippen LogP contribution in [0.5, 0.6) is 0 Å². The number of esters is 1. The number of H-pyrrole nitrogens is 1. The van der Waals surface area contributed by atoms with Crippen LogP contribution in [0, 0.1) is 6.92 Å². The van der Waals surface area contributed by atoms with Crippen LogP contribution in [0.15, 0.2) is 33.9 Å². The number of rotatable bonds is 7. The first-order valence-corrected chi connectivity index (χ1v) is 10.2. The first kappa shape index (κ1) is 20.7. The summed E-state index contributed by atoms with van der Waals surface area (Å²) in [5.41, 5.74) is 1.06. The fourth-order valence-corrected chi connectivity index (χ4v) is 4.38. The minimum absolute atomic E-state index is 0.0956. The fourth-order valence-electron chi connectivity index (χ4n) is 3.18. The molecular formula is C21H22N2O5S. The van der Waals surface area contributed by atoms with Gasteiger partial charge in [-0.1, -0.05) is 31.2 Å². The molecule has 2 heterocycles. The molecule has 0 aliphatic rings. The number of aryl methyl sites for hydroxylation is 1. The predicted octanol–water partition coefficient (Wildman–Crippen LogP) is 3.27. The number of carbonyl (C=O) groups excluding carboxylic acids is 2. The van der Waals surface area contributed by atoms with Crippen molar-refractivity contribution in [1.82, 2.24) is 9.55 Å². The van der Waals surface area contributed by atoms with Crippen molar-refractivity contribution in [3.8, 4) is 10.4 Å². The number of aromatic nitrogens is 2. The fraction of sp³-hybridized carbons (Fsp3) is 0.333. The summed E-state index contributed by atoms with van der Waals surface area (Å²) in [6.07, 6.45) is 1.30. The molecule has 1 aromatic carbocycles. The Kier molecular flexibility index (Phi) is 6.12. The van der Waals surface area contributed by atoms with Crippen molar-refractivity contribution in [2.24, 2.45) is 0 Å². The summed E-state index contributed by atoms with van der Waals surface area (Å²) in [5, 5.41) is 0.375. The number of thiophene rings is 1. The van der Waals surface area contributed by atoms with E-state index in [1.54, 1.807) is 26.0 Å². The zero-order chi connectivity index (χ0) is 21.1. The van der Waals surface area contributed by atoms with Crippen LogP contribution in [0.2, 0.25) is 0 Å². The zero-order valence-corrected chi connectivity index (χ0v) is 17.4. The third-order valence-corrected chi connectivity index (χ3v) is 5.87. The normalized spacial score (nSPS) is 11.0. The van der Waals surface area contributed by atoms with Crippen molar-refractivity contribution in [1.29, 1.82) is 0 Å². The summed E-state index contributed by atoms with van der Waals surface area (Å²) in [5.74, 6) is -0.543. The van der Waals surface area contributed by atoms with Crippen LogP contribution in [-0.4, -0.2) is 27.9 Å². The van der Waals surface area contributed by atoms with Gasteiger partial charge in [0.2, 0.25) is 0 Å². The smallest absolute Gasteiger partial charge is 0.329 e. The molecule has 8 heteroatoms. The predicted molar refractivity (Wildman–Crippen MR) is 113 cm³/mol. The number of ether oxygens (including phenoxy) is 1. The lowest BCUT2D eigenvalue weighted by molar-refractivity contribution is -0.143. The second-order valence-electron chi connectivity index (χ2n) is 6.64. The van der Waals surface area contributed by atoms with E-state index in [0.29, 0.717) is 22.2 Å². The van der Waals surface area contributed by atoms with Crippen LogP contribution in [0.3, 0.4) is 0 Å². The number of hydrogen-bond acceptors (Lipinski definition) is 6. The van der Waals surface area contributed by atoms with Gasteiger partial charge in [0.25, 0.3) is 5.56 Å². The Morgan fingerprint density at radius 2 is 1.83 bits per heavy atom. The molecule has 0 aliphatic heterocycles. The van der Waals surface area contributed by atoms with E-state index in [0.717, 1.165) is 27.0 Å². The maximum Gasteiger partial charge on any atom is 0.329 e. The summed E-state index contributed by atoms with van der Waals surface area (Å²) < 4.78 is 5.70. The maximum absolute atomic E-state index is 12.9. The number of Topliss-reactive ketones (excluding diaryl/α,β-unsaturated/α-hetero) is 1. The SMILES string of the molecule is CCCC(=O)c1ccc(-c2sc3[nH]c(=O)n(CC(=O)OCC)c(=O)c3c2C)cc1. The number of ketones is 1. The molecule has 0 bridgehead atoms. The molecule has 0 fully saturated rings. The van der Waals surface area contributed by atoms with E-state index >= 15 is 0 Å². The topological polar surface area (TPSA) is 98.2 Å². The van der Waals surface area contributed by atoms with Gasteiger partial charge in [-0.25, -0.2) is 9.36 Å². The minimum atomic E-state index is -0.649. The van der Waals surface area contributed by atoms with E-state index < -0.39 is 23.8 Å². The molecule has 0 unspecified atom stereocenters. The molecule has 3 rings (SSSR count). The molecule has 152 valence electrons. The van der Waals surface area contributed by atoms with Gasteiger partial charge < -0.3 is 4.74 Å². The second kappa shape index (κ2) is 8.57. The van der Waals surface area contributed by atoms with E-state index in [1.807, 2.05) is 19.1 Å². The Balaban J connectivity index is 2.05. The van der Waals surface area contributed by atoms with Crippen LogP contribution < -0.4 is 11.2 Å². The Morgan fingerprint density at radius 1 is 1.14 bits per heavy atom. The molecule has 3 aromatic rings. The van der Waals surface area contributed by atoms with Gasteiger partial charge in [0.15, 0.2) is 5.78 Å². The largest absolute Gasteiger partial charge is 0.465 e. The summed E-state index contributed by atoms with van der Waals surface area (Å²) >= 11 is 1.30. The minimum Gasteiger partial charge on any atom is -0.465 e. The van der Waals surface area contributed by atoms with Gasteiger partial charge in [-0.15, -0.1) is 11.3 Å². The van der Waals surface area contributed by atoms with Gasteiger partial charge in [-0.3, -0.25) is 19.4 Å². The third-order valence-electron chi connectivity index (χ3n) is 4.61. The molecule has 0 spiro atoms. The summed E-state index contributed by atoms with van der Waals surface area (Å²) in [6.45, 7) is 5.16. The molecule has 0 aliphatic carbocycles. The molecule has 7 nitrogen and oxygen atoms in total. The number of fused-ring (bicyclic) bond motifs is 1. The number of nitrogens with one attached hydrogen (secondary N) is 1. The molecule has 0 atom stereocenters. The van der Waals surface area contributed by atoms with E-state index in [-0.39, 0.29) is 12.4 Å². The second-order valence-corrected chi connectivity index (χ2v) is 7.66. The highest BCUT2D eigenvalue weighted by atomic mass is 32.1. The first-order valence-electron chi connectivity index (χ1n) is 9.42. The number of nitrogens with zero attached hydrogens (tertiary/aromatic N) is 1. The van der Waals surface area contributed by atoms with E-state index in [2.05, 4.69) is 4.98 Å². The lowest BCUT2D eigenvalue weighted by Gasteiger charge is -2.05. The lowest BCUT2D eigenvalue weighted by atomic mass is 10.0. The molecule has 2 aromatic heterocycles. The zero-order valence-electron chi connectivity index (χ0n) is 16.5. The van der Waals surface area contributed by atoms with Gasteiger partial charge >= 0.3 is 11.7 Å². The van der Waals surface area contributed by atoms with Crippen molar-refractivity contribution in [2.75, 3.05) is 6.61 Å². The Labute approximate surface area is 171 Å². The number of hydrogen-bond donors (Lipinski definition) is 1. The van der Waals surface area contributed by atoms with Crippen LogP contribution in [0.4, 0.5) is 0 Å². The van der Waals surface area contributed by atoms with Crippen LogP contribution in [0.25, 0.3) is 20.7 Å². The molecule has 0 amide bonds. The number of benzene rings is 1. The number of aromatic amines is 1. The third kappa shape index (κ3) is 4.07. The summed E-state index contributed by atoms with van der Waals surface area (Å²) in [7, 11) is 0. The molecule has 0 saturated heterocycles. The highest BCUT2D eigenvalue weighted by molar-refractivity contribution is 7.22. The van der Waals surface area contributed by atoms with Crippen molar-refractivity contribution in [3.63, 3.8) is 0 Å². The summed E-state index contributed by atoms with van der Waals surface area (Å²) in [6, 6.07) is 7.24. The maximum atomic E-state index is 12.9. The lowest BCUT2D eigenvalue weighted by Crippen LogP contribution is -2.37. The number of carbonyl (C=O) groups is 2.